The van der Waals surface area contributed by atoms with Crippen molar-refractivity contribution in [2.24, 2.45) is 16.7 Å². The van der Waals surface area contributed by atoms with Crippen LogP contribution in [0.5, 0.6) is 0 Å². The van der Waals surface area contributed by atoms with E-state index >= 15 is 0 Å². The Hall–Kier alpha value is -1.46. The summed E-state index contributed by atoms with van der Waals surface area (Å²) in [6.07, 6.45) is 1.77. The van der Waals surface area contributed by atoms with Crippen molar-refractivity contribution >= 4 is 11.9 Å². The molecule has 0 saturated carbocycles. The molecule has 6 nitrogen and oxygen atoms in total. The molecule has 1 aliphatic rings. The second kappa shape index (κ2) is 4.69. The van der Waals surface area contributed by atoms with E-state index in [1.807, 2.05) is 4.90 Å². The predicted octanol–water partition coefficient (Wildman–Crippen LogP) is -1.22. The van der Waals surface area contributed by atoms with Crippen molar-refractivity contribution in [3.8, 4) is 0 Å². The van der Waals surface area contributed by atoms with E-state index in [1.165, 1.54) is 6.92 Å². The molecule has 0 unspecified atom stereocenters. The highest BCUT2D eigenvalue weighted by atomic mass is 16.1. The smallest absolute Gasteiger partial charge is 0.217 e. The van der Waals surface area contributed by atoms with Crippen molar-refractivity contribution in [3.63, 3.8) is 0 Å². The summed E-state index contributed by atoms with van der Waals surface area (Å²) in [6.45, 7) is 3.11. The number of likely N-dealkylation sites (tertiary alicyclic amines) is 1. The Labute approximate surface area is 83.3 Å². The molecule has 0 aliphatic carbocycles. The number of carbonyl (C=O) groups excluding carboxylic acids is 1. The first-order valence-corrected chi connectivity index (χ1v) is 4.69. The molecule has 80 valence electrons. The Bertz CT molecular complexity index is 232. The molecule has 0 aromatic carbocycles. The number of amides is 1. The van der Waals surface area contributed by atoms with E-state index in [-0.39, 0.29) is 11.9 Å². The number of rotatable bonds is 1. The van der Waals surface area contributed by atoms with Crippen molar-refractivity contribution in [1.82, 2.24) is 10.2 Å². The van der Waals surface area contributed by atoms with Crippen LogP contribution in [0.1, 0.15) is 19.8 Å². The normalized spacial score (nSPS) is 19.5. The highest BCUT2D eigenvalue weighted by Crippen LogP contribution is 2.09. The molecule has 1 heterocycles. The highest BCUT2D eigenvalue weighted by Gasteiger charge is 2.20. The van der Waals surface area contributed by atoms with E-state index in [4.69, 9.17) is 11.6 Å². The van der Waals surface area contributed by atoms with Crippen LogP contribution in [0.3, 0.4) is 0 Å². The first-order valence-electron chi connectivity index (χ1n) is 4.69. The zero-order valence-electron chi connectivity index (χ0n) is 8.36. The third-order valence-corrected chi connectivity index (χ3v) is 2.36. The maximum Gasteiger partial charge on any atom is 0.217 e. The van der Waals surface area contributed by atoms with Gasteiger partial charge in [0.2, 0.25) is 11.9 Å². The number of nitrogens with one attached hydrogen (secondary N) is 1. The molecular formula is C8H17N5O. The van der Waals surface area contributed by atoms with Gasteiger partial charge in [-0.25, -0.2) is 0 Å². The Morgan fingerprint density at radius 2 is 2.07 bits per heavy atom. The molecule has 0 aromatic rings. The van der Waals surface area contributed by atoms with Gasteiger partial charge in [-0.2, -0.15) is 0 Å². The Kier molecular flexibility index (Phi) is 3.55. The van der Waals surface area contributed by atoms with Crippen molar-refractivity contribution in [2.75, 3.05) is 13.1 Å². The molecule has 0 spiro atoms. The zero-order valence-corrected chi connectivity index (χ0v) is 8.36. The fourth-order valence-electron chi connectivity index (χ4n) is 1.62. The van der Waals surface area contributed by atoms with Gasteiger partial charge in [-0.3, -0.25) is 4.79 Å². The van der Waals surface area contributed by atoms with Crippen molar-refractivity contribution in [2.45, 2.75) is 25.8 Å². The molecule has 1 saturated heterocycles. The molecule has 5 N–H and O–H groups in total. The van der Waals surface area contributed by atoms with Gasteiger partial charge in [-0.1, -0.05) is 0 Å². The van der Waals surface area contributed by atoms with Gasteiger partial charge in [0, 0.05) is 26.1 Å². The molecular weight excluding hydrogens is 182 g/mol. The summed E-state index contributed by atoms with van der Waals surface area (Å²) in [5, 5.41) is 6.31. The third kappa shape index (κ3) is 2.79. The lowest BCUT2D eigenvalue weighted by Crippen LogP contribution is -2.48. The molecule has 1 aliphatic heterocycles. The number of nitrogens with zero attached hydrogens (tertiary/aromatic N) is 2. The van der Waals surface area contributed by atoms with E-state index in [2.05, 4.69) is 10.4 Å². The van der Waals surface area contributed by atoms with E-state index in [9.17, 15) is 4.79 Å². The van der Waals surface area contributed by atoms with Crippen molar-refractivity contribution in [1.29, 1.82) is 0 Å². The predicted molar refractivity (Wildman–Crippen MR) is 54.2 cm³/mol. The monoisotopic (exact) mass is 199 g/mol. The molecule has 0 bridgehead atoms. The van der Waals surface area contributed by atoms with Gasteiger partial charge in [0.15, 0.2) is 0 Å². The largest absolute Gasteiger partial charge is 0.368 e. The summed E-state index contributed by atoms with van der Waals surface area (Å²) >= 11 is 0. The van der Waals surface area contributed by atoms with E-state index in [1.54, 1.807) is 0 Å². The molecule has 0 atom stereocenters. The fraction of sp³-hybridized carbons (Fsp3) is 0.750. The summed E-state index contributed by atoms with van der Waals surface area (Å²) < 4.78 is 0. The standard InChI is InChI=1S/C8H17N5O/c1-6(14)11-7-2-4-13(5-3-7)8(9)12-10/h7H,2-5,10H2,1H3,(H2,9,12)(H,11,14). The van der Waals surface area contributed by atoms with Crippen LogP contribution in [0.2, 0.25) is 0 Å². The van der Waals surface area contributed by atoms with Gasteiger partial charge in [0.25, 0.3) is 0 Å². The van der Waals surface area contributed by atoms with Crippen LogP contribution in [0, 0.1) is 0 Å². The van der Waals surface area contributed by atoms with Gasteiger partial charge in [0.1, 0.15) is 0 Å². The maximum absolute atomic E-state index is 10.8. The average molecular weight is 199 g/mol. The lowest BCUT2D eigenvalue weighted by atomic mass is 10.1. The molecule has 1 fully saturated rings. The van der Waals surface area contributed by atoms with Crippen molar-refractivity contribution < 1.29 is 4.79 Å². The number of hydrazone groups is 1. The van der Waals surface area contributed by atoms with Gasteiger partial charge in [-0.05, 0) is 12.8 Å². The van der Waals surface area contributed by atoms with Crippen LogP contribution in [0.25, 0.3) is 0 Å². The summed E-state index contributed by atoms with van der Waals surface area (Å²) in [6, 6.07) is 0.259. The Morgan fingerprint density at radius 1 is 1.50 bits per heavy atom. The molecule has 1 amide bonds. The maximum atomic E-state index is 10.8. The van der Waals surface area contributed by atoms with Gasteiger partial charge in [0.05, 0.1) is 0 Å². The van der Waals surface area contributed by atoms with E-state index in [0.29, 0.717) is 5.96 Å². The van der Waals surface area contributed by atoms with E-state index < -0.39 is 0 Å². The number of hydrogen-bond donors (Lipinski definition) is 3. The van der Waals surface area contributed by atoms with Crippen LogP contribution in [-0.2, 0) is 4.79 Å². The van der Waals surface area contributed by atoms with Gasteiger partial charge < -0.3 is 21.8 Å². The second-order valence-corrected chi connectivity index (χ2v) is 3.45. The second-order valence-electron chi connectivity index (χ2n) is 3.45. The lowest BCUT2D eigenvalue weighted by Gasteiger charge is -2.32. The average Bonchev–Trinajstić information content (AvgIpc) is 2.17. The summed E-state index contributed by atoms with van der Waals surface area (Å²) in [7, 11) is 0. The van der Waals surface area contributed by atoms with Crippen LogP contribution < -0.4 is 16.9 Å². The summed E-state index contributed by atoms with van der Waals surface area (Å²) in [5.41, 5.74) is 5.56. The van der Waals surface area contributed by atoms with Crippen LogP contribution in [-0.4, -0.2) is 35.9 Å². The lowest BCUT2D eigenvalue weighted by molar-refractivity contribution is -0.119. The molecule has 0 radical (unpaired) electrons. The number of guanidine groups is 1. The summed E-state index contributed by atoms with van der Waals surface area (Å²) in [5.74, 6) is 5.45. The molecule has 1 rings (SSSR count). The van der Waals surface area contributed by atoms with Crippen LogP contribution in [0.15, 0.2) is 5.10 Å². The SMILES string of the molecule is CC(=O)NC1CCN(C(N)=NN)CC1. The first-order chi connectivity index (χ1) is 6.63. The fourth-order valence-corrected chi connectivity index (χ4v) is 1.62. The quantitative estimate of drug-likeness (QED) is 0.213. The first kappa shape index (κ1) is 10.6. The van der Waals surface area contributed by atoms with Crippen LogP contribution in [0.4, 0.5) is 0 Å². The number of hydrogen-bond acceptors (Lipinski definition) is 3. The zero-order chi connectivity index (χ0) is 10.6. The third-order valence-electron chi connectivity index (χ3n) is 2.36. The Morgan fingerprint density at radius 3 is 2.50 bits per heavy atom. The molecule has 14 heavy (non-hydrogen) atoms. The molecule has 6 heteroatoms. The van der Waals surface area contributed by atoms with Crippen molar-refractivity contribution in [3.05, 3.63) is 0 Å². The highest BCUT2D eigenvalue weighted by molar-refractivity contribution is 5.78. The topological polar surface area (TPSA) is 96.7 Å². The minimum Gasteiger partial charge on any atom is -0.368 e. The number of carbonyl (C=O) groups is 1. The Balaban J connectivity index is 2.35. The van der Waals surface area contributed by atoms with Gasteiger partial charge >= 0.3 is 0 Å². The number of piperidine rings is 1. The minimum atomic E-state index is 0.0175. The summed E-state index contributed by atoms with van der Waals surface area (Å²) in [4.78, 5) is 12.7. The number of nitrogens with two attached hydrogens (primary N) is 2. The molecule has 0 aromatic heterocycles. The van der Waals surface area contributed by atoms with Crippen LogP contribution >= 0.6 is 0 Å². The van der Waals surface area contributed by atoms with E-state index in [0.717, 1.165) is 25.9 Å². The van der Waals surface area contributed by atoms with Gasteiger partial charge in [-0.15, -0.1) is 5.10 Å². The minimum absolute atomic E-state index is 0.0175.